The van der Waals surface area contributed by atoms with E-state index in [0.29, 0.717) is 18.1 Å². The van der Waals surface area contributed by atoms with Gasteiger partial charge in [-0.2, -0.15) is 4.98 Å². The van der Waals surface area contributed by atoms with Crippen molar-refractivity contribution in [3.05, 3.63) is 42.6 Å². The van der Waals surface area contributed by atoms with Gasteiger partial charge >= 0.3 is 0 Å². The number of pyridine rings is 1. The van der Waals surface area contributed by atoms with Gasteiger partial charge in [-0.25, -0.2) is 4.98 Å². The van der Waals surface area contributed by atoms with Crippen molar-refractivity contribution in [3.8, 4) is 6.01 Å². The Labute approximate surface area is 151 Å². The van der Waals surface area contributed by atoms with Crippen LogP contribution in [0.4, 0.5) is 11.4 Å². The minimum atomic E-state index is 0.306. The molecule has 0 atom stereocenters. The molecule has 0 amide bonds. The molecule has 1 saturated carbocycles. The largest absolute Gasteiger partial charge is 0.468 e. The quantitative estimate of drug-likeness (QED) is 0.761. The summed E-state index contributed by atoms with van der Waals surface area (Å²) in [6, 6.07) is 13.3. The number of benzene rings is 1. The van der Waals surface area contributed by atoms with Crippen LogP contribution in [0.5, 0.6) is 6.01 Å². The van der Waals surface area contributed by atoms with Crippen molar-refractivity contribution in [2.45, 2.75) is 24.9 Å². The number of methoxy groups -OCH3 is 1. The maximum atomic E-state index is 5.47. The number of aromatic nitrogens is 3. The minimum Gasteiger partial charge on any atom is -0.468 e. The average molecular weight is 348 g/mol. The lowest BCUT2D eigenvalue weighted by molar-refractivity contribution is 0.242. The van der Waals surface area contributed by atoms with E-state index in [1.54, 1.807) is 13.3 Å². The van der Waals surface area contributed by atoms with E-state index in [4.69, 9.17) is 9.73 Å². The average Bonchev–Trinajstić information content (AvgIpc) is 3.02. The van der Waals surface area contributed by atoms with E-state index in [9.17, 15) is 0 Å². The third-order valence-corrected chi connectivity index (χ3v) is 5.04. The first-order valence-electron chi connectivity index (χ1n) is 8.85. The van der Waals surface area contributed by atoms with Gasteiger partial charge < -0.3 is 15.4 Å². The van der Waals surface area contributed by atoms with Gasteiger partial charge in [0.2, 0.25) is 0 Å². The van der Waals surface area contributed by atoms with Gasteiger partial charge in [-0.3, -0.25) is 9.56 Å². The second-order valence-electron chi connectivity index (χ2n) is 6.69. The van der Waals surface area contributed by atoms with Crippen LogP contribution in [-0.4, -0.2) is 40.1 Å². The highest BCUT2D eigenvalue weighted by atomic mass is 16.5. The molecule has 3 heterocycles. The molecule has 26 heavy (non-hydrogen) atoms. The molecule has 0 unspecified atom stereocenters. The van der Waals surface area contributed by atoms with Crippen LogP contribution in [0.1, 0.15) is 18.9 Å². The normalized spacial score (nSPS) is 23.0. The molecule has 2 N–H and O–H groups in total. The summed E-state index contributed by atoms with van der Waals surface area (Å²) in [6.45, 7) is 0.733. The van der Waals surface area contributed by atoms with Crippen molar-refractivity contribution in [3.63, 3.8) is 0 Å². The van der Waals surface area contributed by atoms with E-state index >= 15 is 0 Å². The number of hydrogen-bond donors (Lipinski definition) is 2. The van der Waals surface area contributed by atoms with Crippen LogP contribution >= 0.6 is 0 Å². The molecule has 2 aromatic heterocycles. The molecule has 3 aromatic rings. The zero-order chi connectivity index (χ0) is 17.5. The predicted molar refractivity (Wildman–Crippen MR) is 102 cm³/mol. The third-order valence-electron chi connectivity index (χ3n) is 5.04. The predicted octanol–water partition coefficient (Wildman–Crippen LogP) is 3.08. The number of para-hydroxylation sites is 2. The number of hydrogen-bond acceptors (Lipinski definition) is 5. The first kappa shape index (κ1) is 15.2. The zero-order valence-electron chi connectivity index (χ0n) is 14.5. The molecule has 132 valence electrons. The van der Waals surface area contributed by atoms with Crippen LogP contribution in [0.3, 0.4) is 0 Å². The minimum absolute atomic E-state index is 0.306. The molecular formula is C19H20N6O. The van der Waals surface area contributed by atoms with E-state index in [2.05, 4.69) is 37.3 Å². The van der Waals surface area contributed by atoms with Gasteiger partial charge in [0.1, 0.15) is 11.4 Å². The Hall–Kier alpha value is -3.09. The van der Waals surface area contributed by atoms with Gasteiger partial charge in [0.15, 0.2) is 5.65 Å². The molecule has 0 bridgehead atoms. The first-order chi connectivity index (χ1) is 12.8. The summed E-state index contributed by atoms with van der Waals surface area (Å²) in [5.41, 5.74) is 3.96. The first-order valence-corrected chi connectivity index (χ1v) is 8.85. The van der Waals surface area contributed by atoms with E-state index in [1.165, 1.54) is 0 Å². The van der Waals surface area contributed by atoms with Gasteiger partial charge in [-0.1, -0.05) is 12.1 Å². The summed E-state index contributed by atoms with van der Waals surface area (Å²) < 4.78 is 7.57. The van der Waals surface area contributed by atoms with Crippen LogP contribution in [0.2, 0.25) is 0 Å². The van der Waals surface area contributed by atoms with Crippen LogP contribution in [-0.2, 0) is 0 Å². The summed E-state index contributed by atoms with van der Waals surface area (Å²) in [5.74, 6) is 0.993. The highest BCUT2D eigenvalue weighted by molar-refractivity contribution is 6.04. The standard InChI is InChI=1S/C19H20N6O/c1-26-19-24-16-7-4-8-20-18(16)25(19)13-9-12(10-13)22-17-11-21-14-5-2-3-6-15(14)23-17/h2-8,12-13,21H,9-11H2,1H3,(H,22,23). The van der Waals surface area contributed by atoms with E-state index in [-0.39, 0.29) is 0 Å². The Morgan fingerprint density at radius 3 is 2.85 bits per heavy atom. The molecule has 0 radical (unpaired) electrons. The summed E-state index contributed by atoms with van der Waals surface area (Å²) in [4.78, 5) is 13.9. The lowest BCUT2D eigenvalue weighted by Crippen LogP contribution is -2.35. The summed E-state index contributed by atoms with van der Waals surface area (Å²) >= 11 is 0. The Bertz CT molecular complexity index is 989. The molecule has 1 aliphatic carbocycles. The molecule has 0 spiro atoms. The molecule has 1 fully saturated rings. The Morgan fingerprint density at radius 2 is 2.00 bits per heavy atom. The molecule has 1 aliphatic heterocycles. The van der Waals surface area contributed by atoms with E-state index in [0.717, 1.165) is 47.8 Å². The Kier molecular flexibility index (Phi) is 3.51. The van der Waals surface area contributed by atoms with Crippen molar-refractivity contribution in [2.24, 2.45) is 4.99 Å². The summed E-state index contributed by atoms with van der Waals surface area (Å²) in [5, 5.41) is 6.84. The maximum absolute atomic E-state index is 5.47. The van der Waals surface area contributed by atoms with Crippen LogP contribution in [0, 0.1) is 0 Å². The van der Waals surface area contributed by atoms with Crippen molar-refractivity contribution in [1.29, 1.82) is 0 Å². The van der Waals surface area contributed by atoms with Crippen molar-refractivity contribution >= 4 is 28.4 Å². The number of rotatable bonds is 3. The highest BCUT2D eigenvalue weighted by Crippen LogP contribution is 2.39. The smallest absolute Gasteiger partial charge is 0.298 e. The van der Waals surface area contributed by atoms with Gasteiger partial charge in [0.25, 0.3) is 6.01 Å². The molecule has 7 nitrogen and oxygen atoms in total. The van der Waals surface area contributed by atoms with Crippen LogP contribution in [0.25, 0.3) is 11.2 Å². The fourth-order valence-corrected chi connectivity index (χ4v) is 3.68. The number of anilines is 2. The monoisotopic (exact) mass is 348 g/mol. The summed E-state index contributed by atoms with van der Waals surface area (Å²) in [6.07, 6.45) is 3.72. The number of ether oxygens (including phenoxy) is 1. The fraction of sp³-hybridized carbons (Fsp3) is 0.316. The topological polar surface area (TPSA) is 76.4 Å². The Morgan fingerprint density at radius 1 is 1.15 bits per heavy atom. The second-order valence-corrected chi connectivity index (χ2v) is 6.69. The van der Waals surface area contributed by atoms with Gasteiger partial charge in [0, 0.05) is 12.2 Å². The molecule has 2 aliphatic rings. The summed E-state index contributed by atoms with van der Waals surface area (Å²) in [7, 11) is 1.66. The van der Waals surface area contributed by atoms with Gasteiger partial charge in [0.05, 0.1) is 31.1 Å². The Balaban J connectivity index is 1.33. The number of aliphatic imine (C=N–C) groups is 1. The maximum Gasteiger partial charge on any atom is 0.298 e. The van der Waals surface area contributed by atoms with Crippen molar-refractivity contribution in [1.82, 2.24) is 14.5 Å². The third kappa shape index (κ3) is 2.47. The zero-order valence-corrected chi connectivity index (χ0v) is 14.5. The van der Waals surface area contributed by atoms with Crippen LogP contribution < -0.4 is 15.4 Å². The number of imidazole rings is 1. The number of nitrogens with zero attached hydrogens (tertiary/aromatic N) is 4. The second kappa shape index (κ2) is 6.01. The number of amidine groups is 1. The highest BCUT2D eigenvalue weighted by Gasteiger charge is 2.34. The lowest BCUT2D eigenvalue weighted by atomic mass is 9.87. The van der Waals surface area contributed by atoms with E-state index in [1.807, 2.05) is 24.3 Å². The SMILES string of the molecule is COc1nc2cccnc2n1C1CC(N=C2CNc3ccccc3N2)C1. The van der Waals surface area contributed by atoms with Crippen LogP contribution in [0.15, 0.2) is 47.6 Å². The number of nitrogens with one attached hydrogen (secondary N) is 2. The molecule has 0 saturated heterocycles. The van der Waals surface area contributed by atoms with Crippen molar-refractivity contribution < 1.29 is 4.74 Å². The van der Waals surface area contributed by atoms with E-state index < -0.39 is 0 Å². The number of fused-ring (bicyclic) bond motifs is 2. The molecular weight excluding hydrogens is 328 g/mol. The molecule has 7 heteroatoms. The molecule has 1 aromatic carbocycles. The van der Waals surface area contributed by atoms with Gasteiger partial charge in [-0.05, 0) is 37.1 Å². The lowest BCUT2D eigenvalue weighted by Gasteiger charge is -2.35. The molecule has 5 rings (SSSR count). The van der Waals surface area contributed by atoms with Gasteiger partial charge in [-0.15, -0.1) is 0 Å². The van der Waals surface area contributed by atoms with Crippen molar-refractivity contribution in [2.75, 3.05) is 24.3 Å². The fourth-order valence-electron chi connectivity index (χ4n) is 3.68.